The summed E-state index contributed by atoms with van der Waals surface area (Å²) in [6.45, 7) is 3.19. The highest BCUT2D eigenvalue weighted by Gasteiger charge is 2.12. The van der Waals surface area contributed by atoms with Crippen LogP contribution in [0.3, 0.4) is 0 Å². The van der Waals surface area contributed by atoms with Crippen LogP contribution in [0.1, 0.15) is 24.8 Å². The number of hydrogen-bond acceptors (Lipinski definition) is 2. The van der Waals surface area contributed by atoms with Gasteiger partial charge >= 0.3 is 0 Å². The first-order valence-corrected chi connectivity index (χ1v) is 6.76. The summed E-state index contributed by atoms with van der Waals surface area (Å²) in [7, 11) is 0. The normalized spacial score (nSPS) is 16.2. The lowest BCUT2D eigenvalue weighted by Crippen LogP contribution is -2.29. The second-order valence-electron chi connectivity index (χ2n) is 5.16. The van der Waals surface area contributed by atoms with Gasteiger partial charge in [0.1, 0.15) is 5.75 Å². The van der Waals surface area contributed by atoms with Crippen molar-refractivity contribution < 1.29 is 5.11 Å². The SMILES string of the molecule is Cl.Oc1cc2ccccc2cc1CN1CCCCC1. The van der Waals surface area contributed by atoms with Crippen molar-refractivity contribution in [2.24, 2.45) is 0 Å². The van der Waals surface area contributed by atoms with Crippen LogP contribution in [0, 0.1) is 0 Å². The monoisotopic (exact) mass is 277 g/mol. The van der Waals surface area contributed by atoms with Crippen molar-refractivity contribution in [1.29, 1.82) is 0 Å². The lowest BCUT2D eigenvalue weighted by Gasteiger charge is -2.26. The van der Waals surface area contributed by atoms with Gasteiger partial charge in [0, 0.05) is 12.1 Å². The number of aromatic hydroxyl groups is 1. The average Bonchev–Trinajstić information content (AvgIpc) is 2.41. The molecule has 2 aromatic carbocycles. The molecule has 1 saturated heterocycles. The van der Waals surface area contributed by atoms with Crippen molar-refractivity contribution in [2.75, 3.05) is 13.1 Å². The Bertz CT molecular complexity index is 549. The molecule has 0 bridgehead atoms. The summed E-state index contributed by atoms with van der Waals surface area (Å²) in [6, 6.07) is 12.2. The van der Waals surface area contributed by atoms with E-state index in [1.165, 1.54) is 24.6 Å². The van der Waals surface area contributed by atoms with Crippen LogP contribution in [-0.4, -0.2) is 23.1 Å². The summed E-state index contributed by atoms with van der Waals surface area (Å²) in [5, 5.41) is 12.4. The van der Waals surface area contributed by atoms with Gasteiger partial charge in [-0.3, -0.25) is 4.90 Å². The van der Waals surface area contributed by atoms with Gasteiger partial charge in [-0.25, -0.2) is 0 Å². The van der Waals surface area contributed by atoms with E-state index in [0.717, 1.165) is 30.6 Å². The van der Waals surface area contributed by atoms with Crippen molar-refractivity contribution in [3.8, 4) is 5.75 Å². The van der Waals surface area contributed by atoms with Crippen LogP contribution < -0.4 is 0 Å². The zero-order valence-corrected chi connectivity index (χ0v) is 11.8. The molecule has 1 N–H and O–H groups in total. The van der Waals surface area contributed by atoms with Gasteiger partial charge in [0.15, 0.2) is 0 Å². The van der Waals surface area contributed by atoms with E-state index < -0.39 is 0 Å². The molecule has 102 valence electrons. The highest BCUT2D eigenvalue weighted by atomic mass is 35.5. The molecule has 0 radical (unpaired) electrons. The van der Waals surface area contributed by atoms with E-state index in [0.29, 0.717) is 5.75 Å². The molecule has 1 heterocycles. The second kappa shape index (κ2) is 6.27. The Labute approximate surface area is 120 Å². The summed E-state index contributed by atoms with van der Waals surface area (Å²) in [4.78, 5) is 2.44. The van der Waals surface area contributed by atoms with Crippen LogP contribution >= 0.6 is 12.4 Å². The van der Waals surface area contributed by atoms with Crippen LogP contribution in [0.25, 0.3) is 10.8 Å². The molecule has 19 heavy (non-hydrogen) atoms. The summed E-state index contributed by atoms with van der Waals surface area (Å²) in [5.74, 6) is 0.430. The van der Waals surface area contributed by atoms with Crippen LogP contribution in [0.15, 0.2) is 36.4 Å². The molecule has 3 heteroatoms. The van der Waals surface area contributed by atoms with Gasteiger partial charge in [0.2, 0.25) is 0 Å². The topological polar surface area (TPSA) is 23.5 Å². The van der Waals surface area contributed by atoms with Gasteiger partial charge in [0.25, 0.3) is 0 Å². The standard InChI is InChI=1S/C16H19NO.ClH/c18-16-11-14-7-3-2-6-13(14)10-15(16)12-17-8-4-1-5-9-17;/h2-3,6-7,10-11,18H,1,4-5,8-9,12H2;1H. The zero-order valence-electron chi connectivity index (χ0n) is 11.0. The maximum Gasteiger partial charge on any atom is 0.120 e. The van der Waals surface area contributed by atoms with E-state index in [4.69, 9.17) is 0 Å². The molecule has 2 nitrogen and oxygen atoms in total. The first kappa shape index (κ1) is 14.2. The molecule has 0 aromatic heterocycles. The Kier molecular flexibility index (Phi) is 4.67. The quantitative estimate of drug-likeness (QED) is 0.898. The third kappa shape index (κ3) is 3.20. The summed E-state index contributed by atoms with van der Waals surface area (Å²) < 4.78 is 0. The number of piperidine rings is 1. The van der Waals surface area contributed by atoms with E-state index in [1.807, 2.05) is 24.3 Å². The minimum absolute atomic E-state index is 0. The summed E-state index contributed by atoms with van der Waals surface area (Å²) in [6.07, 6.45) is 3.92. The Morgan fingerprint density at radius 3 is 2.26 bits per heavy atom. The van der Waals surface area contributed by atoms with Gasteiger partial charge in [-0.05, 0) is 48.8 Å². The van der Waals surface area contributed by atoms with Gasteiger partial charge in [-0.15, -0.1) is 12.4 Å². The number of halogens is 1. The molecule has 0 spiro atoms. The molecular weight excluding hydrogens is 258 g/mol. The highest BCUT2D eigenvalue weighted by molar-refractivity contribution is 5.85. The van der Waals surface area contributed by atoms with E-state index in [2.05, 4.69) is 17.0 Å². The van der Waals surface area contributed by atoms with Gasteiger partial charge in [0.05, 0.1) is 0 Å². The van der Waals surface area contributed by atoms with Crippen LogP contribution in [0.4, 0.5) is 0 Å². The lowest BCUT2D eigenvalue weighted by atomic mass is 10.0. The van der Waals surface area contributed by atoms with Crippen LogP contribution in [-0.2, 0) is 6.54 Å². The summed E-state index contributed by atoms with van der Waals surface area (Å²) in [5.41, 5.74) is 1.05. The fraction of sp³-hybridized carbons (Fsp3) is 0.375. The number of nitrogens with zero attached hydrogens (tertiary/aromatic N) is 1. The number of hydrogen-bond donors (Lipinski definition) is 1. The number of phenols is 1. The smallest absolute Gasteiger partial charge is 0.120 e. The Morgan fingerprint density at radius 1 is 0.947 bits per heavy atom. The fourth-order valence-corrected chi connectivity index (χ4v) is 2.76. The number of likely N-dealkylation sites (tertiary alicyclic amines) is 1. The van der Waals surface area contributed by atoms with Gasteiger partial charge < -0.3 is 5.11 Å². The zero-order chi connectivity index (χ0) is 12.4. The molecule has 2 aromatic rings. The number of fused-ring (bicyclic) bond motifs is 1. The molecule has 0 amide bonds. The average molecular weight is 278 g/mol. The molecule has 1 fully saturated rings. The van der Waals surface area contributed by atoms with E-state index in [-0.39, 0.29) is 12.4 Å². The van der Waals surface area contributed by atoms with Crippen LogP contribution in [0.5, 0.6) is 5.75 Å². The molecule has 3 rings (SSSR count). The number of benzene rings is 2. The van der Waals surface area contributed by atoms with Crippen LogP contribution in [0.2, 0.25) is 0 Å². The van der Waals surface area contributed by atoms with E-state index in [1.54, 1.807) is 0 Å². The fourth-order valence-electron chi connectivity index (χ4n) is 2.76. The third-order valence-corrected chi connectivity index (χ3v) is 3.79. The Balaban J connectivity index is 0.00000133. The minimum atomic E-state index is 0. The first-order valence-electron chi connectivity index (χ1n) is 6.76. The number of phenolic OH excluding ortho intramolecular Hbond substituents is 1. The van der Waals surface area contributed by atoms with E-state index in [9.17, 15) is 5.11 Å². The lowest BCUT2D eigenvalue weighted by molar-refractivity contribution is 0.218. The van der Waals surface area contributed by atoms with E-state index >= 15 is 0 Å². The largest absolute Gasteiger partial charge is 0.508 e. The third-order valence-electron chi connectivity index (χ3n) is 3.79. The molecule has 0 atom stereocenters. The predicted molar refractivity (Wildman–Crippen MR) is 82.0 cm³/mol. The van der Waals surface area contributed by atoms with Crippen molar-refractivity contribution in [1.82, 2.24) is 4.90 Å². The van der Waals surface area contributed by atoms with Crippen molar-refractivity contribution >= 4 is 23.2 Å². The predicted octanol–water partition coefficient (Wildman–Crippen LogP) is 3.95. The van der Waals surface area contributed by atoms with Gasteiger partial charge in [-0.2, -0.15) is 0 Å². The second-order valence-corrected chi connectivity index (χ2v) is 5.16. The maximum atomic E-state index is 10.1. The van der Waals surface area contributed by atoms with Crippen molar-refractivity contribution in [2.45, 2.75) is 25.8 Å². The molecule has 1 aliphatic heterocycles. The number of rotatable bonds is 2. The first-order chi connectivity index (χ1) is 8.83. The maximum absolute atomic E-state index is 10.1. The van der Waals surface area contributed by atoms with Crippen molar-refractivity contribution in [3.63, 3.8) is 0 Å². The highest BCUT2D eigenvalue weighted by Crippen LogP contribution is 2.26. The molecule has 0 unspecified atom stereocenters. The Morgan fingerprint density at radius 2 is 1.58 bits per heavy atom. The molecule has 0 saturated carbocycles. The van der Waals surface area contributed by atoms with Gasteiger partial charge in [-0.1, -0.05) is 30.7 Å². The minimum Gasteiger partial charge on any atom is -0.508 e. The summed E-state index contributed by atoms with van der Waals surface area (Å²) >= 11 is 0. The molecular formula is C16H20ClNO. The van der Waals surface area contributed by atoms with Crippen molar-refractivity contribution in [3.05, 3.63) is 42.0 Å². The molecule has 0 aliphatic carbocycles. The molecule has 1 aliphatic rings. The Hall–Kier alpha value is -1.25.